The van der Waals surface area contributed by atoms with E-state index in [0.717, 1.165) is 45.7 Å². The summed E-state index contributed by atoms with van der Waals surface area (Å²) in [5.74, 6) is 0. The fourth-order valence-electron chi connectivity index (χ4n) is 3.85. The first-order valence-electron chi connectivity index (χ1n) is 8.19. The first-order valence-corrected chi connectivity index (χ1v) is 8.19. The minimum atomic E-state index is 0.0215. The third-order valence-electron chi connectivity index (χ3n) is 5.00. The Morgan fingerprint density at radius 3 is 2.40 bits per heavy atom. The molecule has 116 valence electrons. The SMILES string of the molecule is OC[C@H]1CCCN1C[C@@H]1CCCN1CCC1OCCO1. The molecule has 3 rings (SSSR count). The second-order valence-electron chi connectivity index (χ2n) is 6.27. The Bertz CT molecular complexity index is 297. The largest absolute Gasteiger partial charge is 0.395 e. The van der Waals surface area contributed by atoms with E-state index in [4.69, 9.17) is 9.47 Å². The van der Waals surface area contributed by atoms with Gasteiger partial charge in [0.15, 0.2) is 6.29 Å². The predicted molar refractivity (Wildman–Crippen MR) is 76.6 cm³/mol. The topological polar surface area (TPSA) is 45.2 Å². The van der Waals surface area contributed by atoms with Crippen molar-refractivity contribution in [1.82, 2.24) is 9.80 Å². The summed E-state index contributed by atoms with van der Waals surface area (Å²) in [6.45, 7) is 6.38. The van der Waals surface area contributed by atoms with Gasteiger partial charge in [0.2, 0.25) is 0 Å². The zero-order valence-corrected chi connectivity index (χ0v) is 12.4. The highest BCUT2D eigenvalue weighted by Crippen LogP contribution is 2.24. The molecule has 2 atom stereocenters. The Morgan fingerprint density at radius 1 is 0.950 bits per heavy atom. The molecule has 0 aromatic carbocycles. The summed E-state index contributed by atoms with van der Waals surface area (Å²) in [7, 11) is 0. The monoisotopic (exact) mass is 284 g/mol. The second-order valence-corrected chi connectivity index (χ2v) is 6.27. The molecule has 0 aromatic heterocycles. The van der Waals surface area contributed by atoms with Gasteiger partial charge in [0, 0.05) is 31.6 Å². The van der Waals surface area contributed by atoms with Crippen LogP contribution in [-0.4, -0.2) is 79.3 Å². The van der Waals surface area contributed by atoms with Crippen LogP contribution in [0, 0.1) is 0 Å². The minimum absolute atomic E-state index is 0.0215. The maximum absolute atomic E-state index is 9.43. The molecular weight excluding hydrogens is 256 g/mol. The van der Waals surface area contributed by atoms with Gasteiger partial charge in [-0.1, -0.05) is 0 Å². The molecule has 3 heterocycles. The molecule has 3 aliphatic rings. The number of aliphatic hydroxyl groups excluding tert-OH is 1. The van der Waals surface area contributed by atoms with Crippen molar-refractivity contribution in [1.29, 1.82) is 0 Å². The summed E-state index contributed by atoms with van der Waals surface area (Å²) < 4.78 is 11.0. The number of hydrogen-bond donors (Lipinski definition) is 1. The molecule has 0 saturated carbocycles. The molecule has 0 spiro atoms. The van der Waals surface area contributed by atoms with Crippen LogP contribution in [0.25, 0.3) is 0 Å². The van der Waals surface area contributed by atoms with E-state index in [1.165, 1.54) is 25.8 Å². The van der Waals surface area contributed by atoms with Gasteiger partial charge in [-0.25, -0.2) is 0 Å². The quantitative estimate of drug-likeness (QED) is 0.777. The Kier molecular flexibility index (Phi) is 5.29. The van der Waals surface area contributed by atoms with E-state index in [2.05, 4.69) is 9.80 Å². The van der Waals surface area contributed by atoms with Gasteiger partial charge >= 0.3 is 0 Å². The van der Waals surface area contributed by atoms with E-state index in [9.17, 15) is 5.11 Å². The molecule has 3 fully saturated rings. The third kappa shape index (κ3) is 3.52. The Labute approximate surface area is 121 Å². The van der Waals surface area contributed by atoms with Crippen molar-refractivity contribution in [2.45, 2.75) is 50.5 Å². The van der Waals surface area contributed by atoms with Crippen molar-refractivity contribution < 1.29 is 14.6 Å². The van der Waals surface area contributed by atoms with E-state index in [1.807, 2.05) is 0 Å². The molecule has 1 N–H and O–H groups in total. The molecule has 0 amide bonds. The Hall–Kier alpha value is -0.200. The van der Waals surface area contributed by atoms with Crippen LogP contribution in [0.5, 0.6) is 0 Å². The minimum Gasteiger partial charge on any atom is -0.395 e. The second kappa shape index (κ2) is 7.18. The number of hydrogen-bond acceptors (Lipinski definition) is 5. The van der Waals surface area contributed by atoms with Crippen LogP contribution >= 0.6 is 0 Å². The fraction of sp³-hybridized carbons (Fsp3) is 1.00. The van der Waals surface area contributed by atoms with Crippen LogP contribution in [-0.2, 0) is 9.47 Å². The van der Waals surface area contributed by atoms with E-state index in [0.29, 0.717) is 18.7 Å². The average molecular weight is 284 g/mol. The van der Waals surface area contributed by atoms with Gasteiger partial charge in [0.05, 0.1) is 19.8 Å². The van der Waals surface area contributed by atoms with Gasteiger partial charge in [-0.05, 0) is 38.8 Å². The van der Waals surface area contributed by atoms with Gasteiger partial charge < -0.3 is 14.6 Å². The van der Waals surface area contributed by atoms with Gasteiger partial charge in [-0.3, -0.25) is 9.80 Å². The number of likely N-dealkylation sites (tertiary alicyclic amines) is 2. The summed E-state index contributed by atoms with van der Waals surface area (Å²) in [6, 6.07) is 1.06. The van der Waals surface area contributed by atoms with Gasteiger partial charge in [-0.15, -0.1) is 0 Å². The first kappa shape index (κ1) is 14.7. The number of ether oxygens (including phenoxy) is 2. The lowest BCUT2D eigenvalue weighted by Crippen LogP contribution is -2.44. The molecule has 3 saturated heterocycles. The lowest BCUT2D eigenvalue weighted by molar-refractivity contribution is -0.0525. The first-order chi connectivity index (χ1) is 9.86. The maximum atomic E-state index is 9.43. The van der Waals surface area contributed by atoms with Crippen LogP contribution < -0.4 is 0 Å². The van der Waals surface area contributed by atoms with Crippen molar-refractivity contribution in [2.75, 3.05) is 46.0 Å². The number of nitrogens with zero attached hydrogens (tertiary/aromatic N) is 2. The lowest BCUT2D eigenvalue weighted by Gasteiger charge is -2.31. The van der Waals surface area contributed by atoms with Gasteiger partial charge in [0.25, 0.3) is 0 Å². The fourth-order valence-corrected chi connectivity index (χ4v) is 3.85. The van der Waals surface area contributed by atoms with Crippen LogP contribution in [0.15, 0.2) is 0 Å². The van der Waals surface area contributed by atoms with Crippen molar-refractivity contribution in [3.8, 4) is 0 Å². The molecule has 0 unspecified atom stereocenters. The van der Waals surface area contributed by atoms with E-state index >= 15 is 0 Å². The molecule has 0 bridgehead atoms. The summed E-state index contributed by atoms with van der Waals surface area (Å²) in [4.78, 5) is 5.09. The highest BCUT2D eigenvalue weighted by atomic mass is 16.7. The molecule has 5 heteroatoms. The molecule has 3 aliphatic heterocycles. The van der Waals surface area contributed by atoms with E-state index in [1.54, 1.807) is 0 Å². The zero-order chi connectivity index (χ0) is 13.8. The highest BCUT2D eigenvalue weighted by molar-refractivity contribution is 4.87. The normalized spacial score (nSPS) is 33.5. The average Bonchev–Trinajstić information content (AvgIpc) is 3.19. The molecule has 20 heavy (non-hydrogen) atoms. The molecule has 5 nitrogen and oxygen atoms in total. The Balaban J connectivity index is 1.45. The molecule has 0 aliphatic carbocycles. The summed E-state index contributed by atoms with van der Waals surface area (Å²) >= 11 is 0. The van der Waals surface area contributed by atoms with Crippen molar-refractivity contribution >= 4 is 0 Å². The van der Waals surface area contributed by atoms with Gasteiger partial charge in [-0.2, -0.15) is 0 Å². The Morgan fingerprint density at radius 2 is 1.65 bits per heavy atom. The summed E-state index contributed by atoms with van der Waals surface area (Å²) in [6.07, 6.45) is 6.00. The van der Waals surface area contributed by atoms with Crippen molar-refractivity contribution in [3.63, 3.8) is 0 Å². The van der Waals surface area contributed by atoms with Gasteiger partial charge in [0.1, 0.15) is 0 Å². The maximum Gasteiger partial charge on any atom is 0.159 e. The third-order valence-corrected chi connectivity index (χ3v) is 5.00. The zero-order valence-electron chi connectivity index (χ0n) is 12.4. The summed E-state index contributed by atoms with van der Waals surface area (Å²) in [5, 5.41) is 9.43. The standard InChI is InChI=1S/C15H28N2O3/c18-12-14-4-2-7-17(14)11-13-3-1-6-16(13)8-5-15-19-9-10-20-15/h13-15,18H,1-12H2/t13-,14+/m0/s1. The van der Waals surface area contributed by atoms with Crippen LogP contribution in [0.1, 0.15) is 32.1 Å². The van der Waals surface area contributed by atoms with Crippen molar-refractivity contribution in [3.05, 3.63) is 0 Å². The van der Waals surface area contributed by atoms with Crippen LogP contribution in [0.2, 0.25) is 0 Å². The summed E-state index contributed by atoms with van der Waals surface area (Å²) in [5.41, 5.74) is 0. The molecular formula is C15H28N2O3. The highest BCUT2D eigenvalue weighted by Gasteiger charge is 2.31. The lowest BCUT2D eigenvalue weighted by atomic mass is 10.2. The molecule has 0 radical (unpaired) electrons. The van der Waals surface area contributed by atoms with Crippen molar-refractivity contribution in [2.24, 2.45) is 0 Å². The van der Waals surface area contributed by atoms with E-state index in [-0.39, 0.29) is 6.29 Å². The van der Waals surface area contributed by atoms with Crippen LogP contribution in [0.4, 0.5) is 0 Å². The number of aliphatic hydroxyl groups is 1. The predicted octanol–water partition coefficient (Wildman–Crippen LogP) is 0.671. The van der Waals surface area contributed by atoms with Crippen LogP contribution in [0.3, 0.4) is 0 Å². The molecule has 0 aromatic rings. The van der Waals surface area contributed by atoms with E-state index < -0.39 is 0 Å². The smallest absolute Gasteiger partial charge is 0.159 e. The number of rotatable bonds is 6.